The lowest BCUT2D eigenvalue weighted by Gasteiger charge is -2.13. The van der Waals surface area contributed by atoms with Crippen LogP contribution in [0.25, 0.3) is 0 Å². The van der Waals surface area contributed by atoms with E-state index in [1.807, 2.05) is 32.0 Å². The molecule has 0 saturated heterocycles. The van der Waals surface area contributed by atoms with E-state index in [4.69, 9.17) is 4.74 Å². The zero-order valence-electron chi connectivity index (χ0n) is 13.9. The van der Waals surface area contributed by atoms with Crippen LogP contribution in [0.5, 0.6) is 5.75 Å². The van der Waals surface area contributed by atoms with Crippen LogP contribution in [0.2, 0.25) is 0 Å². The summed E-state index contributed by atoms with van der Waals surface area (Å²) >= 11 is 0. The van der Waals surface area contributed by atoms with Gasteiger partial charge in [-0.2, -0.15) is 0 Å². The lowest BCUT2D eigenvalue weighted by Crippen LogP contribution is -2.14. The van der Waals surface area contributed by atoms with Crippen LogP contribution in [0, 0.1) is 13.8 Å². The van der Waals surface area contributed by atoms with E-state index < -0.39 is 0 Å². The van der Waals surface area contributed by atoms with Crippen LogP contribution < -0.4 is 15.4 Å². The number of rotatable bonds is 7. The molecule has 0 heterocycles. The fourth-order valence-corrected chi connectivity index (χ4v) is 2.37. The van der Waals surface area contributed by atoms with Crippen LogP contribution in [0.1, 0.15) is 25.0 Å². The molecule has 0 aliphatic heterocycles. The summed E-state index contributed by atoms with van der Waals surface area (Å²) in [7, 11) is 0. The number of anilines is 2. The zero-order valence-corrected chi connectivity index (χ0v) is 13.9. The molecule has 118 valence electrons. The first-order valence-electron chi connectivity index (χ1n) is 7.86. The summed E-state index contributed by atoms with van der Waals surface area (Å²) in [6, 6.07) is 14.6. The van der Waals surface area contributed by atoms with Crippen molar-refractivity contribution in [2.45, 2.75) is 33.8 Å². The van der Waals surface area contributed by atoms with Crippen molar-refractivity contribution >= 4 is 11.4 Å². The Morgan fingerprint density at radius 2 is 1.73 bits per heavy atom. The second-order valence-corrected chi connectivity index (χ2v) is 5.87. The van der Waals surface area contributed by atoms with Crippen LogP contribution in [-0.2, 0) is 0 Å². The van der Waals surface area contributed by atoms with Crippen molar-refractivity contribution in [2.24, 2.45) is 0 Å². The third-order valence-corrected chi connectivity index (χ3v) is 3.36. The number of hydrogen-bond acceptors (Lipinski definition) is 3. The Bertz CT molecular complexity index is 608. The Morgan fingerprint density at radius 1 is 0.955 bits per heavy atom. The monoisotopic (exact) mass is 298 g/mol. The molecule has 3 nitrogen and oxygen atoms in total. The van der Waals surface area contributed by atoms with Crippen molar-refractivity contribution in [3.8, 4) is 5.75 Å². The third-order valence-electron chi connectivity index (χ3n) is 3.36. The normalized spacial score (nSPS) is 10.6. The lowest BCUT2D eigenvalue weighted by molar-refractivity contribution is 0.242. The largest absolute Gasteiger partial charge is 0.491 e. The maximum Gasteiger partial charge on any atom is 0.121 e. The maximum atomic E-state index is 5.70. The Balaban J connectivity index is 1.81. The summed E-state index contributed by atoms with van der Waals surface area (Å²) in [5.41, 5.74) is 4.86. The molecule has 0 atom stereocenters. The van der Waals surface area contributed by atoms with E-state index in [1.54, 1.807) is 0 Å². The molecular formula is C19H26N2O. The number of aryl methyl sites for hydroxylation is 2. The van der Waals surface area contributed by atoms with Crippen molar-refractivity contribution in [1.82, 2.24) is 0 Å². The van der Waals surface area contributed by atoms with Gasteiger partial charge in [0.05, 0.1) is 6.10 Å². The number of hydrogen-bond donors (Lipinski definition) is 2. The predicted molar refractivity (Wildman–Crippen MR) is 95.1 cm³/mol. The highest BCUT2D eigenvalue weighted by atomic mass is 16.5. The smallest absolute Gasteiger partial charge is 0.121 e. The van der Waals surface area contributed by atoms with Crippen LogP contribution >= 0.6 is 0 Å². The molecule has 2 rings (SSSR count). The SMILES string of the molecule is Cc1ccc(NCCNc2cccc(OC(C)C)c2)c(C)c1. The summed E-state index contributed by atoms with van der Waals surface area (Å²) in [5, 5.41) is 6.88. The topological polar surface area (TPSA) is 33.3 Å². The highest BCUT2D eigenvalue weighted by molar-refractivity contribution is 5.52. The van der Waals surface area contributed by atoms with Gasteiger partial charge < -0.3 is 15.4 Å². The number of benzene rings is 2. The minimum atomic E-state index is 0.196. The van der Waals surface area contributed by atoms with Gasteiger partial charge in [-0.15, -0.1) is 0 Å². The molecule has 0 unspecified atom stereocenters. The van der Waals surface area contributed by atoms with Gasteiger partial charge in [0.2, 0.25) is 0 Å². The van der Waals surface area contributed by atoms with Crippen molar-refractivity contribution in [3.63, 3.8) is 0 Å². The lowest BCUT2D eigenvalue weighted by atomic mass is 10.1. The first kappa shape index (κ1) is 16.2. The van der Waals surface area contributed by atoms with Crippen molar-refractivity contribution in [1.29, 1.82) is 0 Å². The first-order valence-corrected chi connectivity index (χ1v) is 7.86. The van der Waals surface area contributed by atoms with Gasteiger partial charge in [0, 0.05) is 30.5 Å². The third kappa shape index (κ3) is 4.99. The van der Waals surface area contributed by atoms with Crippen LogP contribution in [0.3, 0.4) is 0 Å². The van der Waals surface area contributed by atoms with E-state index in [2.05, 4.69) is 48.7 Å². The van der Waals surface area contributed by atoms with Crippen LogP contribution in [0.15, 0.2) is 42.5 Å². The Labute approximate surface area is 133 Å². The molecular weight excluding hydrogens is 272 g/mol. The molecule has 0 saturated carbocycles. The van der Waals surface area contributed by atoms with Gasteiger partial charge in [-0.1, -0.05) is 23.8 Å². The van der Waals surface area contributed by atoms with Gasteiger partial charge in [-0.3, -0.25) is 0 Å². The standard InChI is InChI=1S/C19H26N2O/c1-14(2)22-18-7-5-6-17(13-18)20-10-11-21-19-9-8-15(3)12-16(19)4/h5-9,12-14,20-21H,10-11H2,1-4H3. The average Bonchev–Trinajstić information content (AvgIpc) is 2.45. The van der Waals surface area contributed by atoms with E-state index in [0.717, 1.165) is 24.5 Å². The molecule has 0 aromatic heterocycles. The molecule has 0 radical (unpaired) electrons. The summed E-state index contributed by atoms with van der Waals surface area (Å²) in [5.74, 6) is 0.905. The minimum Gasteiger partial charge on any atom is -0.491 e. The van der Waals surface area contributed by atoms with E-state index in [0.29, 0.717) is 0 Å². The van der Waals surface area contributed by atoms with Gasteiger partial charge in [0.15, 0.2) is 0 Å². The van der Waals surface area contributed by atoms with E-state index in [1.165, 1.54) is 16.8 Å². The Hall–Kier alpha value is -2.16. The second kappa shape index (κ2) is 7.74. The maximum absolute atomic E-state index is 5.70. The first-order chi connectivity index (χ1) is 10.5. The van der Waals surface area contributed by atoms with Crippen LogP contribution in [0.4, 0.5) is 11.4 Å². The van der Waals surface area contributed by atoms with Gasteiger partial charge in [-0.25, -0.2) is 0 Å². The average molecular weight is 298 g/mol. The molecule has 0 amide bonds. The van der Waals surface area contributed by atoms with Crippen molar-refractivity contribution < 1.29 is 4.74 Å². The molecule has 2 aromatic rings. The van der Waals surface area contributed by atoms with E-state index in [9.17, 15) is 0 Å². The fraction of sp³-hybridized carbons (Fsp3) is 0.368. The van der Waals surface area contributed by atoms with Crippen LogP contribution in [-0.4, -0.2) is 19.2 Å². The van der Waals surface area contributed by atoms with Gasteiger partial charge in [0.25, 0.3) is 0 Å². The Morgan fingerprint density at radius 3 is 2.45 bits per heavy atom. The predicted octanol–water partition coefficient (Wildman–Crippen LogP) is 4.61. The number of ether oxygens (including phenoxy) is 1. The summed E-state index contributed by atoms with van der Waals surface area (Å²) in [6.45, 7) is 10.1. The highest BCUT2D eigenvalue weighted by Gasteiger charge is 2.00. The highest BCUT2D eigenvalue weighted by Crippen LogP contribution is 2.19. The summed E-state index contributed by atoms with van der Waals surface area (Å²) in [6.07, 6.45) is 0.196. The quantitative estimate of drug-likeness (QED) is 0.732. The van der Waals surface area contributed by atoms with Gasteiger partial charge in [0.1, 0.15) is 5.75 Å². The molecule has 0 aliphatic carbocycles. The number of nitrogens with one attached hydrogen (secondary N) is 2. The zero-order chi connectivity index (χ0) is 15.9. The van der Waals surface area contributed by atoms with Gasteiger partial charge >= 0.3 is 0 Å². The molecule has 22 heavy (non-hydrogen) atoms. The molecule has 0 bridgehead atoms. The van der Waals surface area contributed by atoms with Gasteiger partial charge in [-0.05, 0) is 51.5 Å². The summed E-state index contributed by atoms with van der Waals surface area (Å²) in [4.78, 5) is 0. The molecule has 2 aromatic carbocycles. The second-order valence-electron chi connectivity index (χ2n) is 5.87. The molecule has 0 spiro atoms. The molecule has 0 fully saturated rings. The summed E-state index contributed by atoms with van der Waals surface area (Å²) < 4.78 is 5.70. The minimum absolute atomic E-state index is 0.196. The molecule has 2 N–H and O–H groups in total. The fourth-order valence-electron chi connectivity index (χ4n) is 2.37. The molecule has 0 aliphatic rings. The van der Waals surface area contributed by atoms with E-state index in [-0.39, 0.29) is 6.10 Å². The Kier molecular flexibility index (Phi) is 5.70. The van der Waals surface area contributed by atoms with Crippen molar-refractivity contribution in [3.05, 3.63) is 53.6 Å². The van der Waals surface area contributed by atoms with Crippen molar-refractivity contribution in [2.75, 3.05) is 23.7 Å². The van der Waals surface area contributed by atoms with E-state index >= 15 is 0 Å². The molecule has 3 heteroatoms.